The molecule has 24 heavy (non-hydrogen) atoms. The smallest absolute Gasteiger partial charge is 0.224 e. The molecule has 0 radical (unpaired) electrons. The first-order valence-electron chi connectivity index (χ1n) is 8.22. The van der Waals surface area contributed by atoms with Crippen molar-refractivity contribution in [2.24, 2.45) is 5.92 Å². The monoisotopic (exact) mass is 387 g/mol. The number of nitrogens with two attached hydrogens (primary N) is 1. The highest BCUT2D eigenvalue weighted by Gasteiger charge is 2.23. The first-order valence-corrected chi connectivity index (χ1v) is 9.01. The van der Waals surface area contributed by atoms with E-state index in [9.17, 15) is 4.79 Å². The second-order valence-corrected chi connectivity index (χ2v) is 7.22. The van der Waals surface area contributed by atoms with Crippen molar-refractivity contribution in [3.63, 3.8) is 0 Å². The van der Waals surface area contributed by atoms with E-state index in [4.69, 9.17) is 5.73 Å². The molecular formula is C19H22BrN3O. The van der Waals surface area contributed by atoms with Gasteiger partial charge in [-0.2, -0.15) is 0 Å². The first kappa shape index (κ1) is 16.8. The summed E-state index contributed by atoms with van der Waals surface area (Å²) in [6.07, 6.45) is 1.52. The molecule has 1 amide bonds. The molecule has 0 aromatic heterocycles. The third kappa shape index (κ3) is 4.51. The molecule has 3 N–H and O–H groups in total. The number of anilines is 2. The quantitative estimate of drug-likeness (QED) is 0.774. The largest absolute Gasteiger partial charge is 0.399 e. The van der Waals surface area contributed by atoms with Crippen LogP contribution in [0.1, 0.15) is 12.0 Å². The Hall–Kier alpha value is -2.01. The Labute approximate surface area is 151 Å². The Balaban J connectivity index is 1.44. The first-order chi connectivity index (χ1) is 11.6. The van der Waals surface area contributed by atoms with Crippen molar-refractivity contribution in [3.8, 4) is 0 Å². The molecule has 1 aliphatic rings. The number of benzene rings is 2. The van der Waals surface area contributed by atoms with Gasteiger partial charge in [-0.25, -0.2) is 0 Å². The van der Waals surface area contributed by atoms with Crippen LogP contribution < -0.4 is 16.0 Å². The molecule has 126 valence electrons. The second-order valence-electron chi connectivity index (χ2n) is 6.30. The average Bonchev–Trinajstić information content (AvgIpc) is 3.05. The standard InChI is InChI=1S/C19H22BrN3O/c20-16-3-7-18(8-4-16)23-10-9-15(13-23)12-22-19(24)11-14-1-5-17(21)6-2-14/h1-8,15H,9-13,21H2,(H,22,24). The number of carbonyl (C=O) groups is 1. The van der Waals surface area contributed by atoms with Gasteiger partial charge in [-0.05, 0) is 54.3 Å². The highest BCUT2D eigenvalue weighted by atomic mass is 79.9. The molecule has 1 unspecified atom stereocenters. The second kappa shape index (κ2) is 7.71. The maximum Gasteiger partial charge on any atom is 0.224 e. The van der Waals surface area contributed by atoms with Crippen LogP contribution in [0.2, 0.25) is 0 Å². The van der Waals surface area contributed by atoms with E-state index in [1.165, 1.54) is 5.69 Å². The number of amides is 1. The van der Waals surface area contributed by atoms with E-state index >= 15 is 0 Å². The summed E-state index contributed by atoms with van der Waals surface area (Å²) in [5.41, 5.74) is 8.62. The van der Waals surface area contributed by atoms with Crippen molar-refractivity contribution < 1.29 is 4.79 Å². The molecule has 1 aliphatic heterocycles. The van der Waals surface area contributed by atoms with Crippen LogP contribution in [-0.4, -0.2) is 25.5 Å². The van der Waals surface area contributed by atoms with Crippen molar-refractivity contribution in [2.45, 2.75) is 12.8 Å². The number of hydrogen-bond donors (Lipinski definition) is 2. The summed E-state index contributed by atoms with van der Waals surface area (Å²) in [6.45, 7) is 2.77. The number of hydrogen-bond acceptors (Lipinski definition) is 3. The fourth-order valence-electron chi connectivity index (χ4n) is 3.03. The third-order valence-electron chi connectivity index (χ3n) is 4.41. The molecule has 4 nitrogen and oxygen atoms in total. The van der Waals surface area contributed by atoms with Crippen molar-refractivity contribution >= 4 is 33.2 Å². The van der Waals surface area contributed by atoms with Crippen LogP contribution in [0.5, 0.6) is 0 Å². The van der Waals surface area contributed by atoms with Crippen LogP contribution in [0.3, 0.4) is 0 Å². The average molecular weight is 388 g/mol. The highest BCUT2D eigenvalue weighted by molar-refractivity contribution is 9.10. The number of halogens is 1. The van der Waals surface area contributed by atoms with Gasteiger partial charge in [0.2, 0.25) is 5.91 Å². The summed E-state index contributed by atoms with van der Waals surface area (Å²) in [5, 5.41) is 3.06. The Morgan fingerprint density at radius 2 is 1.88 bits per heavy atom. The van der Waals surface area contributed by atoms with Crippen LogP contribution >= 0.6 is 15.9 Å². The summed E-state index contributed by atoms with van der Waals surface area (Å²) in [6, 6.07) is 15.9. The molecule has 0 saturated carbocycles. The van der Waals surface area contributed by atoms with Crippen LogP contribution in [-0.2, 0) is 11.2 Å². The van der Waals surface area contributed by atoms with Gasteiger partial charge in [0.1, 0.15) is 0 Å². The van der Waals surface area contributed by atoms with Gasteiger partial charge in [0, 0.05) is 35.5 Å². The minimum absolute atomic E-state index is 0.0712. The van der Waals surface area contributed by atoms with Crippen molar-refractivity contribution in [3.05, 3.63) is 58.6 Å². The molecule has 0 spiro atoms. The van der Waals surface area contributed by atoms with Gasteiger partial charge in [-0.1, -0.05) is 28.1 Å². The van der Waals surface area contributed by atoms with Crippen LogP contribution in [0.4, 0.5) is 11.4 Å². The fourth-order valence-corrected chi connectivity index (χ4v) is 3.29. The van der Waals surface area contributed by atoms with E-state index in [-0.39, 0.29) is 5.91 Å². The normalized spacial score (nSPS) is 17.0. The molecule has 1 fully saturated rings. The van der Waals surface area contributed by atoms with Crippen LogP contribution in [0.15, 0.2) is 53.0 Å². The predicted molar refractivity (Wildman–Crippen MR) is 102 cm³/mol. The molecule has 2 aromatic carbocycles. The topological polar surface area (TPSA) is 58.4 Å². The summed E-state index contributed by atoms with van der Waals surface area (Å²) >= 11 is 3.46. The Bertz CT molecular complexity index is 685. The molecular weight excluding hydrogens is 366 g/mol. The third-order valence-corrected chi connectivity index (χ3v) is 4.94. The molecule has 0 bridgehead atoms. The molecule has 0 aliphatic carbocycles. The van der Waals surface area contributed by atoms with Gasteiger partial charge in [0.15, 0.2) is 0 Å². The van der Waals surface area contributed by atoms with Crippen molar-refractivity contribution in [2.75, 3.05) is 30.3 Å². The lowest BCUT2D eigenvalue weighted by molar-refractivity contribution is -0.120. The highest BCUT2D eigenvalue weighted by Crippen LogP contribution is 2.25. The van der Waals surface area contributed by atoms with Gasteiger partial charge in [-0.15, -0.1) is 0 Å². The molecule has 5 heteroatoms. The van der Waals surface area contributed by atoms with E-state index in [1.807, 2.05) is 24.3 Å². The van der Waals surface area contributed by atoms with E-state index in [1.54, 1.807) is 0 Å². The van der Waals surface area contributed by atoms with Crippen molar-refractivity contribution in [1.82, 2.24) is 5.32 Å². The Morgan fingerprint density at radius 1 is 1.17 bits per heavy atom. The predicted octanol–water partition coefficient (Wildman–Crippen LogP) is 3.22. The van der Waals surface area contributed by atoms with E-state index in [2.05, 4.69) is 50.4 Å². The zero-order chi connectivity index (χ0) is 16.9. The molecule has 1 heterocycles. The Kier molecular flexibility index (Phi) is 5.41. The Morgan fingerprint density at radius 3 is 2.58 bits per heavy atom. The van der Waals surface area contributed by atoms with Gasteiger partial charge >= 0.3 is 0 Å². The molecule has 1 atom stereocenters. The number of nitrogen functional groups attached to an aromatic ring is 1. The maximum atomic E-state index is 12.1. The van der Waals surface area contributed by atoms with Gasteiger partial charge in [-0.3, -0.25) is 4.79 Å². The van der Waals surface area contributed by atoms with E-state index in [0.29, 0.717) is 12.3 Å². The summed E-state index contributed by atoms with van der Waals surface area (Å²) in [7, 11) is 0. The summed E-state index contributed by atoms with van der Waals surface area (Å²) in [4.78, 5) is 14.5. The minimum atomic E-state index is 0.0712. The fraction of sp³-hybridized carbons (Fsp3) is 0.316. The minimum Gasteiger partial charge on any atom is -0.399 e. The van der Waals surface area contributed by atoms with Crippen LogP contribution in [0, 0.1) is 5.92 Å². The summed E-state index contributed by atoms with van der Waals surface area (Å²) in [5.74, 6) is 0.575. The zero-order valence-corrected chi connectivity index (χ0v) is 15.1. The van der Waals surface area contributed by atoms with Gasteiger partial charge < -0.3 is 16.0 Å². The number of nitrogens with zero attached hydrogens (tertiary/aromatic N) is 1. The SMILES string of the molecule is Nc1ccc(CC(=O)NCC2CCN(c3ccc(Br)cc3)C2)cc1. The van der Waals surface area contributed by atoms with Gasteiger partial charge in [0.25, 0.3) is 0 Å². The molecule has 1 saturated heterocycles. The number of rotatable bonds is 5. The molecule has 3 rings (SSSR count). The van der Waals surface area contributed by atoms with Crippen molar-refractivity contribution in [1.29, 1.82) is 0 Å². The number of nitrogens with one attached hydrogen (secondary N) is 1. The zero-order valence-electron chi connectivity index (χ0n) is 13.5. The number of carbonyl (C=O) groups excluding carboxylic acids is 1. The summed E-state index contributed by atoms with van der Waals surface area (Å²) < 4.78 is 1.09. The van der Waals surface area contributed by atoms with E-state index < -0.39 is 0 Å². The van der Waals surface area contributed by atoms with Crippen LogP contribution in [0.25, 0.3) is 0 Å². The maximum absolute atomic E-state index is 12.1. The van der Waals surface area contributed by atoms with Gasteiger partial charge in [0.05, 0.1) is 6.42 Å². The van der Waals surface area contributed by atoms with E-state index in [0.717, 1.165) is 41.8 Å². The lowest BCUT2D eigenvalue weighted by Crippen LogP contribution is -2.32. The molecule has 2 aromatic rings. The lowest BCUT2D eigenvalue weighted by Gasteiger charge is -2.19. The lowest BCUT2D eigenvalue weighted by atomic mass is 10.1.